The number of nitrogens with zero attached hydrogens (tertiary/aromatic N) is 1. The number of carbonyl (C=O) groups is 2. The number of aliphatic hydroxyl groups excluding tert-OH is 1. The van der Waals surface area contributed by atoms with Gasteiger partial charge in [-0.05, 0) is 24.4 Å². The molecule has 1 heterocycles. The van der Waals surface area contributed by atoms with Crippen molar-refractivity contribution < 1.29 is 14.7 Å². The summed E-state index contributed by atoms with van der Waals surface area (Å²) in [5, 5.41) is 14.1. The van der Waals surface area contributed by atoms with Crippen molar-refractivity contribution in [3.8, 4) is 0 Å². The topological polar surface area (TPSA) is 81.7 Å². The molecule has 0 spiro atoms. The maximum atomic E-state index is 12.0. The first-order valence-corrected chi connectivity index (χ1v) is 7.04. The van der Waals surface area contributed by atoms with Gasteiger partial charge in [-0.25, -0.2) is 0 Å². The molecule has 0 saturated carbocycles. The van der Waals surface area contributed by atoms with Gasteiger partial charge >= 0.3 is 0 Å². The van der Waals surface area contributed by atoms with Crippen LogP contribution in [-0.4, -0.2) is 48.1 Å². The van der Waals surface area contributed by atoms with E-state index < -0.39 is 0 Å². The molecule has 6 nitrogen and oxygen atoms in total. The molecule has 22 heavy (non-hydrogen) atoms. The van der Waals surface area contributed by atoms with Gasteiger partial charge in [0.2, 0.25) is 11.8 Å². The van der Waals surface area contributed by atoms with Gasteiger partial charge in [0.05, 0.1) is 13.2 Å². The van der Waals surface area contributed by atoms with Crippen molar-refractivity contribution in [1.29, 1.82) is 0 Å². The molecule has 1 aliphatic rings. The molecule has 0 fully saturated rings. The van der Waals surface area contributed by atoms with Crippen LogP contribution in [0.2, 0.25) is 0 Å². The number of hydrogen-bond acceptors (Lipinski definition) is 4. The monoisotopic (exact) mass is 301 g/mol. The standard InChI is InChI=1S/C16H19N3O3/c20-10-8-17-16(22)13-5-4-9-19(11-13)12-15(21)18-14-6-2-1-3-7-14/h1-7,9,20H,8,10-12H2,(H,17,22)(H,18,21). The van der Waals surface area contributed by atoms with Crippen LogP contribution in [0.15, 0.2) is 54.3 Å². The molecule has 3 N–H and O–H groups in total. The second-order valence-electron chi connectivity index (χ2n) is 4.83. The molecule has 0 atom stereocenters. The first-order valence-electron chi connectivity index (χ1n) is 7.04. The third kappa shape index (κ3) is 4.75. The van der Waals surface area contributed by atoms with Crippen molar-refractivity contribution in [2.45, 2.75) is 0 Å². The Kier molecular flexibility index (Phi) is 5.73. The lowest BCUT2D eigenvalue weighted by molar-refractivity contribution is -0.119. The van der Waals surface area contributed by atoms with Gasteiger partial charge in [-0.2, -0.15) is 0 Å². The number of anilines is 1. The van der Waals surface area contributed by atoms with Gasteiger partial charge in [0.1, 0.15) is 0 Å². The highest BCUT2D eigenvalue weighted by molar-refractivity contribution is 5.95. The van der Waals surface area contributed by atoms with Gasteiger partial charge in [0, 0.05) is 24.4 Å². The van der Waals surface area contributed by atoms with E-state index in [-0.39, 0.29) is 31.5 Å². The average molecular weight is 301 g/mol. The fraction of sp³-hybridized carbons (Fsp3) is 0.250. The van der Waals surface area contributed by atoms with Gasteiger partial charge in [-0.15, -0.1) is 0 Å². The van der Waals surface area contributed by atoms with Crippen molar-refractivity contribution in [3.63, 3.8) is 0 Å². The maximum absolute atomic E-state index is 12.0. The van der Waals surface area contributed by atoms with Gasteiger partial charge in [0.15, 0.2) is 0 Å². The van der Waals surface area contributed by atoms with Crippen molar-refractivity contribution in [2.24, 2.45) is 0 Å². The number of nitrogens with one attached hydrogen (secondary N) is 2. The third-order valence-electron chi connectivity index (χ3n) is 3.06. The summed E-state index contributed by atoms with van der Waals surface area (Å²) in [6, 6.07) is 9.21. The van der Waals surface area contributed by atoms with Crippen molar-refractivity contribution in [3.05, 3.63) is 54.3 Å². The SMILES string of the molecule is O=C(CN1C=CC=C(C(=O)NCCO)C1)Nc1ccccc1. The Balaban J connectivity index is 1.84. The molecule has 0 radical (unpaired) electrons. The Labute approximate surface area is 129 Å². The summed E-state index contributed by atoms with van der Waals surface area (Å²) in [6.07, 6.45) is 5.21. The minimum absolute atomic E-state index is 0.0992. The van der Waals surface area contributed by atoms with Crippen LogP contribution in [0.4, 0.5) is 5.69 Å². The fourth-order valence-electron chi connectivity index (χ4n) is 2.05. The quantitative estimate of drug-likeness (QED) is 0.714. The lowest BCUT2D eigenvalue weighted by atomic mass is 10.1. The molecule has 0 unspecified atom stereocenters. The number of rotatable bonds is 6. The normalized spacial score (nSPS) is 13.5. The summed E-state index contributed by atoms with van der Waals surface area (Å²) in [5.41, 5.74) is 1.30. The molecule has 6 heteroatoms. The van der Waals surface area contributed by atoms with E-state index in [1.807, 2.05) is 30.3 Å². The summed E-state index contributed by atoms with van der Waals surface area (Å²) in [4.78, 5) is 25.6. The smallest absolute Gasteiger partial charge is 0.249 e. The lowest BCUT2D eigenvalue weighted by Gasteiger charge is -2.23. The number of para-hydroxylation sites is 1. The van der Waals surface area contributed by atoms with Crippen LogP contribution in [0.1, 0.15) is 0 Å². The van der Waals surface area contributed by atoms with E-state index in [9.17, 15) is 9.59 Å². The summed E-state index contributed by atoms with van der Waals surface area (Å²) in [5.74, 6) is -0.375. The molecule has 2 amide bonds. The molecule has 0 aliphatic carbocycles. The first-order chi connectivity index (χ1) is 10.7. The summed E-state index contributed by atoms with van der Waals surface area (Å²) in [7, 11) is 0. The van der Waals surface area contributed by atoms with E-state index in [4.69, 9.17) is 5.11 Å². The highest BCUT2D eigenvalue weighted by atomic mass is 16.3. The highest BCUT2D eigenvalue weighted by Crippen LogP contribution is 2.09. The van der Waals surface area contributed by atoms with Crippen LogP contribution in [0.25, 0.3) is 0 Å². The Morgan fingerprint density at radius 2 is 2.00 bits per heavy atom. The molecular formula is C16H19N3O3. The minimum atomic E-state index is -0.230. The molecule has 0 aromatic heterocycles. The predicted octanol–water partition coefficient (Wildman–Crippen LogP) is 0.489. The number of benzene rings is 1. The highest BCUT2D eigenvalue weighted by Gasteiger charge is 2.16. The van der Waals surface area contributed by atoms with E-state index in [1.165, 1.54) is 0 Å². The number of carbonyl (C=O) groups excluding carboxylic acids is 2. The van der Waals surface area contributed by atoms with Gasteiger partial charge in [0.25, 0.3) is 0 Å². The maximum Gasteiger partial charge on any atom is 0.249 e. The van der Waals surface area contributed by atoms with Gasteiger partial charge in [-0.1, -0.05) is 24.3 Å². The lowest BCUT2D eigenvalue weighted by Crippen LogP contribution is -2.36. The summed E-state index contributed by atoms with van der Waals surface area (Å²) >= 11 is 0. The van der Waals surface area contributed by atoms with E-state index in [0.29, 0.717) is 12.1 Å². The molecule has 116 valence electrons. The first kappa shape index (κ1) is 15.8. The molecule has 0 saturated heterocycles. The zero-order chi connectivity index (χ0) is 15.8. The van der Waals surface area contributed by atoms with Crippen LogP contribution in [-0.2, 0) is 9.59 Å². The van der Waals surface area contributed by atoms with Crippen molar-refractivity contribution >= 4 is 17.5 Å². The van der Waals surface area contributed by atoms with E-state index in [2.05, 4.69) is 10.6 Å². The predicted molar refractivity (Wildman–Crippen MR) is 84.0 cm³/mol. The van der Waals surface area contributed by atoms with E-state index >= 15 is 0 Å². The van der Waals surface area contributed by atoms with Crippen LogP contribution in [0.5, 0.6) is 0 Å². The zero-order valence-electron chi connectivity index (χ0n) is 12.2. The summed E-state index contributed by atoms with van der Waals surface area (Å²) < 4.78 is 0. The Morgan fingerprint density at radius 3 is 2.73 bits per heavy atom. The number of hydrogen-bond donors (Lipinski definition) is 3. The van der Waals surface area contributed by atoms with Crippen LogP contribution in [0.3, 0.4) is 0 Å². The largest absolute Gasteiger partial charge is 0.395 e. The second kappa shape index (κ2) is 7.99. The van der Waals surface area contributed by atoms with E-state index in [1.54, 1.807) is 23.3 Å². The van der Waals surface area contributed by atoms with Crippen molar-refractivity contribution in [2.75, 3.05) is 31.6 Å². The molecule has 0 bridgehead atoms. The Bertz CT molecular complexity index is 582. The molecular weight excluding hydrogens is 282 g/mol. The zero-order valence-corrected chi connectivity index (χ0v) is 12.2. The van der Waals surface area contributed by atoms with Crippen LogP contribution >= 0.6 is 0 Å². The van der Waals surface area contributed by atoms with Crippen molar-refractivity contribution in [1.82, 2.24) is 10.2 Å². The average Bonchev–Trinajstić information content (AvgIpc) is 2.53. The van der Waals surface area contributed by atoms with Crippen LogP contribution in [0, 0.1) is 0 Å². The van der Waals surface area contributed by atoms with Gasteiger partial charge < -0.3 is 20.6 Å². The molecule has 1 aromatic rings. The second-order valence-corrected chi connectivity index (χ2v) is 4.83. The number of amides is 2. The number of allylic oxidation sites excluding steroid dienone is 2. The third-order valence-corrected chi connectivity index (χ3v) is 3.06. The molecule has 1 aliphatic heterocycles. The Hall–Kier alpha value is -2.60. The number of aliphatic hydroxyl groups is 1. The molecule has 1 aromatic carbocycles. The summed E-state index contributed by atoms with van der Waals surface area (Å²) in [6.45, 7) is 0.637. The van der Waals surface area contributed by atoms with Crippen LogP contribution < -0.4 is 10.6 Å². The van der Waals surface area contributed by atoms with Gasteiger partial charge in [-0.3, -0.25) is 9.59 Å². The fourth-order valence-corrected chi connectivity index (χ4v) is 2.05. The minimum Gasteiger partial charge on any atom is -0.395 e. The molecule has 2 rings (SSSR count). The van der Waals surface area contributed by atoms with E-state index in [0.717, 1.165) is 5.69 Å². The Morgan fingerprint density at radius 1 is 1.23 bits per heavy atom.